The summed E-state index contributed by atoms with van der Waals surface area (Å²) in [4.78, 5) is 16.5. The number of benzene rings is 1. The van der Waals surface area contributed by atoms with Gasteiger partial charge >= 0.3 is 0 Å². The zero-order valence-corrected chi connectivity index (χ0v) is 14.0. The van der Waals surface area contributed by atoms with Crippen molar-refractivity contribution >= 4 is 5.91 Å². The summed E-state index contributed by atoms with van der Waals surface area (Å²) in [6, 6.07) is 9.74. The van der Waals surface area contributed by atoms with Gasteiger partial charge in [-0.3, -0.25) is 4.79 Å². The maximum Gasteiger partial charge on any atom is 0.273 e. The summed E-state index contributed by atoms with van der Waals surface area (Å²) in [5.41, 5.74) is 3.27. The van der Waals surface area contributed by atoms with Gasteiger partial charge in [-0.05, 0) is 31.9 Å². The molecule has 1 amide bonds. The van der Waals surface area contributed by atoms with Crippen LogP contribution >= 0.6 is 0 Å². The van der Waals surface area contributed by atoms with E-state index in [1.165, 1.54) is 5.56 Å². The fraction of sp³-hybridized carbons (Fsp3) is 0.316. The third-order valence-electron chi connectivity index (χ3n) is 4.26. The predicted molar refractivity (Wildman–Crippen MR) is 91.2 cm³/mol. The van der Waals surface area contributed by atoms with Gasteiger partial charge in [0.15, 0.2) is 5.69 Å². The summed E-state index contributed by atoms with van der Waals surface area (Å²) < 4.78 is 10.7. The first-order chi connectivity index (χ1) is 12.2. The van der Waals surface area contributed by atoms with Crippen LogP contribution in [-0.2, 0) is 6.42 Å². The Balaban J connectivity index is 1.30. The molecule has 25 heavy (non-hydrogen) atoms. The number of oxazole rings is 1. The normalized spacial score (nSPS) is 13.8. The highest BCUT2D eigenvalue weighted by molar-refractivity contribution is 5.92. The van der Waals surface area contributed by atoms with E-state index in [0.717, 1.165) is 29.9 Å². The van der Waals surface area contributed by atoms with Gasteiger partial charge in [0.1, 0.15) is 12.0 Å². The SMILES string of the molecule is Cc1ccc(-c2nc(CCNC(=O)c3cc(C4CC4)on3)co2)cc1. The fourth-order valence-electron chi connectivity index (χ4n) is 2.60. The van der Waals surface area contributed by atoms with E-state index < -0.39 is 0 Å². The van der Waals surface area contributed by atoms with Crippen molar-refractivity contribution in [1.29, 1.82) is 0 Å². The van der Waals surface area contributed by atoms with E-state index in [1.54, 1.807) is 12.3 Å². The van der Waals surface area contributed by atoms with Crippen LogP contribution in [0.4, 0.5) is 0 Å². The van der Waals surface area contributed by atoms with Crippen molar-refractivity contribution in [3.8, 4) is 11.5 Å². The lowest BCUT2D eigenvalue weighted by Gasteiger charge is -2.00. The summed E-state index contributed by atoms with van der Waals surface area (Å²) in [5, 5.41) is 6.67. The average Bonchev–Trinajstić information content (AvgIpc) is 3.16. The van der Waals surface area contributed by atoms with Gasteiger partial charge in [0.2, 0.25) is 5.89 Å². The van der Waals surface area contributed by atoms with Crippen LogP contribution in [0.25, 0.3) is 11.5 Å². The molecule has 128 valence electrons. The largest absolute Gasteiger partial charge is 0.444 e. The van der Waals surface area contributed by atoms with Crippen LogP contribution in [0.2, 0.25) is 0 Å². The molecule has 0 bridgehead atoms. The molecule has 1 fully saturated rings. The van der Waals surface area contributed by atoms with Crippen molar-refractivity contribution in [2.45, 2.75) is 32.1 Å². The van der Waals surface area contributed by atoms with Gasteiger partial charge < -0.3 is 14.3 Å². The molecule has 1 aromatic carbocycles. The maximum absolute atomic E-state index is 12.1. The van der Waals surface area contributed by atoms with Gasteiger partial charge in [-0.1, -0.05) is 22.9 Å². The second-order valence-corrected chi connectivity index (χ2v) is 6.40. The first-order valence-electron chi connectivity index (χ1n) is 8.45. The maximum atomic E-state index is 12.1. The molecule has 3 aromatic rings. The molecule has 0 atom stereocenters. The number of nitrogens with one attached hydrogen (secondary N) is 1. The number of nitrogens with zero attached hydrogens (tertiary/aromatic N) is 2. The third kappa shape index (κ3) is 3.63. The highest BCUT2D eigenvalue weighted by Crippen LogP contribution is 2.40. The fourth-order valence-corrected chi connectivity index (χ4v) is 2.60. The lowest BCUT2D eigenvalue weighted by atomic mass is 10.1. The minimum atomic E-state index is -0.224. The van der Waals surface area contributed by atoms with E-state index in [-0.39, 0.29) is 5.91 Å². The van der Waals surface area contributed by atoms with Crippen molar-refractivity contribution in [3.05, 3.63) is 59.3 Å². The molecular weight excluding hydrogens is 318 g/mol. The smallest absolute Gasteiger partial charge is 0.273 e. The molecule has 1 saturated carbocycles. The standard InChI is InChI=1S/C19H19N3O3/c1-12-2-4-14(5-3-12)19-21-15(11-24-19)8-9-20-18(23)16-10-17(25-22-16)13-6-7-13/h2-5,10-11,13H,6-9H2,1H3,(H,20,23). The van der Waals surface area contributed by atoms with Gasteiger partial charge in [0.05, 0.1) is 5.69 Å². The molecule has 0 aliphatic heterocycles. The molecule has 0 radical (unpaired) electrons. The number of aromatic nitrogens is 2. The van der Waals surface area contributed by atoms with Crippen LogP contribution in [0, 0.1) is 6.92 Å². The van der Waals surface area contributed by atoms with E-state index >= 15 is 0 Å². The third-order valence-corrected chi connectivity index (χ3v) is 4.26. The van der Waals surface area contributed by atoms with Crippen LogP contribution in [0.3, 0.4) is 0 Å². The Morgan fingerprint density at radius 3 is 2.84 bits per heavy atom. The molecule has 6 heteroatoms. The first-order valence-corrected chi connectivity index (χ1v) is 8.45. The molecule has 1 aliphatic carbocycles. The molecule has 6 nitrogen and oxygen atoms in total. The summed E-state index contributed by atoms with van der Waals surface area (Å²) >= 11 is 0. The lowest BCUT2D eigenvalue weighted by molar-refractivity contribution is 0.0945. The Hall–Kier alpha value is -2.89. The Labute approximate surface area is 145 Å². The number of rotatable bonds is 6. The summed E-state index contributed by atoms with van der Waals surface area (Å²) in [6.45, 7) is 2.50. The monoisotopic (exact) mass is 337 g/mol. The zero-order chi connectivity index (χ0) is 17.2. The van der Waals surface area contributed by atoms with E-state index in [0.29, 0.717) is 30.5 Å². The Morgan fingerprint density at radius 2 is 2.08 bits per heavy atom. The molecule has 1 N–H and O–H groups in total. The Bertz CT molecular complexity index is 875. The average molecular weight is 337 g/mol. The topological polar surface area (TPSA) is 81.2 Å². The van der Waals surface area contributed by atoms with Gasteiger partial charge in [0.25, 0.3) is 5.91 Å². The quantitative estimate of drug-likeness (QED) is 0.744. The molecule has 2 aromatic heterocycles. The summed E-state index contributed by atoms with van der Waals surface area (Å²) in [6.07, 6.45) is 4.45. The Kier molecular flexibility index (Phi) is 4.09. The van der Waals surface area contributed by atoms with Gasteiger partial charge in [-0.25, -0.2) is 4.98 Å². The van der Waals surface area contributed by atoms with Crippen LogP contribution in [0.15, 0.2) is 45.5 Å². The van der Waals surface area contributed by atoms with E-state index in [2.05, 4.69) is 15.5 Å². The number of aryl methyl sites for hydroxylation is 1. The van der Waals surface area contributed by atoms with Gasteiger partial charge in [-0.2, -0.15) is 0 Å². The van der Waals surface area contributed by atoms with Crippen LogP contribution in [-0.4, -0.2) is 22.6 Å². The van der Waals surface area contributed by atoms with Gasteiger partial charge in [-0.15, -0.1) is 0 Å². The van der Waals surface area contributed by atoms with Crippen molar-refractivity contribution in [3.63, 3.8) is 0 Å². The molecular formula is C19H19N3O3. The second-order valence-electron chi connectivity index (χ2n) is 6.40. The molecule has 0 unspecified atom stereocenters. The zero-order valence-electron chi connectivity index (χ0n) is 14.0. The lowest BCUT2D eigenvalue weighted by Crippen LogP contribution is -2.26. The van der Waals surface area contributed by atoms with E-state index in [4.69, 9.17) is 8.94 Å². The van der Waals surface area contributed by atoms with Crippen molar-refractivity contribution < 1.29 is 13.7 Å². The van der Waals surface area contributed by atoms with Gasteiger partial charge in [0, 0.05) is 30.5 Å². The highest BCUT2D eigenvalue weighted by Gasteiger charge is 2.28. The van der Waals surface area contributed by atoms with Crippen LogP contribution in [0.5, 0.6) is 0 Å². The minimum absolute atomic E-state index is 0.224. The first kappa shape index (κ1) is 15.6. The van der Waals surface area contributed by atoms with Crippen molar-refractivity contribution in [2.24, 2.45) is 0 Å². The predicted octanol–water partition coefficient (Wildman–Crippen LogP) is 3.49. The number of amides is 1. The molecule has 2 heterocycles. The number of hydrogen-bond donors (Lipinski definition) is 1. The molecule has 0 spiro atoms. The minimum Gasteiger partial charge on any atom is -0.444 e. The Morgan fingerprint density at radius 1 is 1.28 bits per heavy atom. The highest BCUT2D eigenvalue weighted by atomic mass is 16.5. The molecule has 0 saturated heterocycles. The van der Waals surface area contributed by atoms with Crippen molar-refractivity contribution in [2.75, 3.05) is 6.54 Å². The number of carbonyl (C=O) groups is 1. The second kappa shape index (κ2) is 6.55. The van der Waals surface area contributed by atoms with Crippen LogP contribution in [0.1, 0.15) is 46.3 Å². The number of hydrogen-bond acceptors (Lipinski definition) is 5. The number of carbonyl (C=O) groups excluding carboxylic acids is 1. The molecule has 1 aliphatic rings. The summed E-state index contributed by atoms with van der Waals surface area (Å²) in [7, 11) is 0. The van der Waals surface area contributed by atoms with E-state index in [9.17, 15) is 4.79 Å². The van der Waals surface area contributed by atoms with Crippen LogP contribution < -0.4 is 5.32 Å². The van der Waals surface area contributed by atoms with Crippen molar-refractivity contribution in [1.82, 2.24) is 15.5 Å². The molecule has 4 rings (SSSR count). The van der Waals surface area contributed by atoms with E-state index in [1.807, 2.05) is 31.2 Å². The summed E-state index contributed by atoms with van der Waals surface area (Å²) in [5.74, 6) is 1.62.